The molecule has 0 unspecified atom stereocenters. The molecule has 0 aromatic rings. The molecule has 0 radical (unpaired) electrons. The molecule has 112 valence electrons. The first-order chi connectivity index (χ1) is 8.06. The summed E-state index contributed by atoms with van der Waals surface area (Å²) >= 11 is 0. The van der Waals surface area contributed by atoms with Crippen molar-refractivity contribution in [3.63, 3.8) is 0 Å². The molecule has 0 amide bonds. The van der Waals surface area contributed by atoms with Crippen LogP contribution in [0.5, 0.6) is 0 Å². The Kier molecular flexibility index (Phi) is 14.9. The fourth-order valence-electron chi connectivity index (χ4n) is 1.75. The normalized spacial score (nSPS) is 11.2. The summed E-state index contributed by atoms with van der Waals surface area (Å²) in [5.41, 5.74) is 0. The van der Waals surface area contributed by atoms with Crippen molar-refractivity contribution in [1.82, 2.24) is 0 Å². The number of hydrogen-bond acceptors (Lipinski definition) is 3. The second-order valence-electron chi connectivity index (χ2n) is 4.43. The van der Waals surface area contributed by atoms with Crippen LogP contribution < -0.4 is 0 Å². The molecule has 4 nitrogen and oxygen atoms in total. The van der Waals surface area contributed by atoms with Crippen LogP contribution in [0.15, 0.2) is 0 Å². The lowest BCUT2D eigenvalue weighted by Gasteiger charge is -2.02. The molecule has 1 N–H and O–H groups in total. The number of unbranched alkanes of at least 4 members (excludes halogenated alkanes) is 9. The van der Waals surface area contributed by atoms with Gasteiger partial charge in [0.1, 0.15) is 0 Å². The van der Waals surface area contributed by atoms with E-state index in [1.54, 1.807) is 0 Å². The Hall–Kier alpha value is -0.130. The minimum absolute atomic E-state index is 0. The Morgan fingerprint density at radius 2 is 1.22 bits per heavy atom. The topological polar surface area (TPSA) is 63.6 Å². The van der Waals surface area contributed by atoms with Crippen molar-refractivity contribution < 1.29 is 17.2 Å². The summed E-state index contributed by atoms with van der Waals surface area (Å²) in [7, 11) is -4.23. The highest BCUT2D eigenvalue weighted by Crippen LogP contribution is 2.10. The molecule has 0 atom stereocenters. The molecule has 0 aromatic heterocycles. The van der Waals surface area contributed by atoms with Crippen LogP contribution in [0, 0.1) is 0 Å². The molecular formula is C13H30O4S. The zero-order valence-corrected chi connectivity index (χ0v) is 11.7. The van der Waals surface area contributed by atoms with Crippen molar-refractivity contribution in [2.45, 2.75) is 78.6 Å². The molecule has 0 aromatic carbocycles. The molecule has 0 saturated carbocycles. The van der Waals surface area contributed by atoms with Crippen LogP contribution in [0.2, 0.25) is 0 Å². The minimum atomic E-state index is -4.23. The van der Waals surface area contributed by atoms with Crippen LogP contribution in [-0.4, -0.2) is 19.6 Å². The second-order valence-corrected chi connectivity index (χ2v) is 5.52. The van der Waals surface area contributed by atoms with Gasteiger partial charge in [-0.3, -0.25) is 4.55 Å². The van der Waals surface area contributed by atoms with Crippen molar-refractivity contribution in [1.29, 1.82) is 0 Å². The first-order valence-electron chi connectivity index (χ1n) is 6.68. The van der Waals surface area contributed by atoms with Gasteiger partial charge >= 0.3 is 10.4 Å². The van der Waals surface area contributed by atoms with Crippen LogP contribution in [0.3, 0.4) is 0 Å². The van der Waals surface area contributed by atoms with Crippen LogP contribution in [-0.2, 0) is 14.6 Å². The third-order valence-corrected chi connectivity index (χ3v) is 3.19. The van der Waals surface area contributed by atoms with E-state index in [1.807, 2.05) is 0 Å². The minimum Gasteiger partial charge on any atom is -0.264 e. The van der Waals surface area contributed by atoms with Crippen molar-refractivity contribution in [2.75, 3.05) is 6.61 Å². The summed E-state index contributed by atoms with van der Waals surface area (Å²) in [6, 6.07) is 0. The van der Waals surface area contributed by atoms with E-state index in [4.69, 9.17) is 4.55 Å². The summed E-state index contributed by atoms with van der Waals surface area (Å²) in [6.07, 6.45) is 11.9. The number of rotatable bonds is 12. The Morgan fingerprint density at radius 3 is 1.61 bits per heavy atom. The van der Waals surface area contributed by atoms with E-state index in [2.05, 4.69) is 11.1 Å². The van der Waals surface area contributed by atoms with Crippen molar-refractivity contribution in [3.8, 4) is 0 Å². The van der Waals surface area contributed by atoms with E-state index in [9.17, 15) is 8.42 Å². The molecule has 0 spiro atoms. The van der Waals surface area contributed by atoms with E-state index < -0.39 is 10.4 Å². The highest BCUT2D eigenvalue weighted by molar-refractivity contribution is 7.80. The number of hydrogen-bond donors (Lipinski definition) is 1. The highest BCUT2D eigenvalue weighted by Gasteiger charge is 2.02. The van der Waals surface area contributed by atoms with Crippen LogP contribution in [0.1, 0.15) is 78.6 Å². The van der Waals surface area contributed by atoms with E-state index in [1.165, 1.54) is 44.9 Å². The molecular weight excluding hydrogens is 252 g/mol. The predicted octanol–water partition coefficient (Wildman–Crippen LogP) is 4.36. The maximum absolute atomic E-state index is 10.2. The molecule has 0 aliphatic heterocycles. The molecule has 0 saturated heterocycles. The quantitative estimate of drug-likeness (QED) is 0.426. The van der Waals surface area contributed by atoms with Gasteiger partial charge in [-0.25, -0.2) is 4.18 Å². The fourth-order valence-corrected chi connectivity index (χ4v) is 2.08. The maximum atomic E-state index is 10.2. The van der Waals surface area contributed by atoms with Gasteiger partial charge in [-0.15, -0.1) is 0 Å². The van der Waals surface area contributed by atoms with Gasteiger partial charge in [-0.05, 0) is 6.42 Å². The first-order valence-corrected chi connectivity index (χ1v) is 8.04. The van der Waals surface area contributed by atoms with Gasteiger partial charge in [-0.2, -0.15) is 8.42 Å². The molecule has 18 heavy (non-hydrogen) atoms. The van der Waals surface area contributed by atoms with Crippen LogP contribution >= 0.6 is 0 Å². The largest absolute Gasteiger partial charge is 0.397 e. The van der Waals surface area contributed by atoms with Gasteiger partial charge in [0.2, 0.25) is 0 Å². The zero-order valence-electron chi connectivity index (χ0n) is 10.9. The smallest absolute Gasteiger partial charge is 0.264 e. The van der Waals surface area contributed by atoms with Crippen molar-refractivity contribution in [2.24, 2.45) is 0 Å². The molecule has 0 aliphatic rings. The van der Waals surface area contributed by atoms with Gasteiger partial charge < -0.3 is 0 Å². The molecule has 5 heteroatoms. The van der Waals surface area contributed by atoms with E-state index >= 15 is 0 Å². The van der Waals surface area contributed by atoms with Gasteiger partial charge in [0, 0.05) is 0 Å². The summed E-state index contributed by atoms with van der Waals surface area (Å²) in [6.45, 7) is 2.31. The Bertz CT molecular complexity index is 250. The van der Waals surface area contributed by atoms with E-state index in [0.717, 1.165) is 12.8 Å². The molecule has 0 aliphatic carbocycles. The average molecular weight is 282 g/mol. The average Bonchev–Trinajstić information content (AvgIpc) is 2.24. The monoisotopic (exact) mass is 282 g/mol. The van der Waals surface area contributed by atoms with Crippen molar-refractivity contribution in [3.05, 3.63) is 0 Å². The lowest BCUT2D eigenvalue weighted by molar-refractivity contribution is 0.261. The van der Waals surface area contributed by atoms with E-state index in [0.29, 0.717) is 6.42 Å². The van der Waals surface area contributed by atoms with E-state index in [-0.39, 0.29) is 14.0 Å². The lowest BCUT2D eigenvalue weighted by Crippen LogP contribution is -2.04. The highest BCUT2D eigenvalue weighted by atomic mass is 32.3. The van der Waals surface area contributed by atoms with Gasteiger partial charge in [0.25, 0.3) is 0 Å². The fraction of sp³-hybridized carbons (Fsp3) is 1.00. The third kappa shape index (κ3) is 18.2. The maximum Gasteiger partial charge on any atom is 0.397 e. The molecule has 0 rings (SSSR count). The second kappa shape index (κ2) is 13.3. The predicted molar refractivity (Wildman–Crippen MR) is 76.1 cm³/mol. The molecule has 0 heterocycles. The van der Waals surface area contributed by atoms with Crippen LogP contribution in [0.4, 0.5) is 0 Å². The standard InChI is InChI=1S/C12H26O4S.CH4/c1-2-3-4-5-6-7-8-9-10-11-12-16-17(13,14)15;/h2-12H2,1H3,(H,13,14,15);1H4. The third-order valence-electron chi connectivity index (χ3n) is 2.73. The Morgan fingerprint density at radius 1 is 0.833 bits per heavy atom. The molecule has 0 bridgehead atoms. The van der Waals surface area contributed by atoms with Crippen LogP contribution in [0.25, 0.3) is 0 Å². The summed E-state index contributed by atoms with van der Waals surface area (Å²) < 4.78 is 33.0. The lowest BCUT2D eigenvalue weighted by atomic mass is 10.1. The summed E-state index contributed by atoms with van der Waals surface area (Å²) in [5, 5.41) is 0. The van der Waals surface area contributed by atoms with Gasteiger partial charge in [-0.1, -0.05) is 72.1 Å². The zero-order chi connectivity index (χ0) is 13.0. The first kappa shape index (κ1) is 20.2. The Labute approximate surface area is 113 Å². The summed E-state index contributed by atoms with van der Waals surface area (Å²) in [4.78, 5) is 0. The van der Waals surface area contributed by atoms with Gasteiger partial charge in [0.15, 0.2) is 0 Å². The Balaban J connectivity index is 0. The SMILES string of the molecule is C.CCCCCCCCCCCCOS(=O)(=O)O. The van der Waals surface area contributed by atoms with Crippen molar-refractivity contribution >= 4 is 10.4 Å². The van der Waals surface area contributed by atoms with Gasteiger partial charge in [0.05, 0.1) is 6.61 Å². The molecule has 0 fully saturated rings. The summed E-state index contributed by atoms with van der Waals surface area (Å²) in [5.74, 6) is 0.